The highest BCUT2D eigenvalue weighted by atomic mass is 35.5. The Hall–Kier alpha value is -0.650. The lowest BCUT2D eigenvalue weighted by Gasteiger charge is -2.18. The van der Waals surface area contributed by atoms with Crippen LogP contribution in [0.5, 0.6) is 0 Å². The number of aromatic carboxylic acids is 1. The van der Waals surface area contributed by atoms with Crippen molar-refractivity contribution in [3.63, 3.8) is 0 Å². The second-order valence-corrected chi connectivity index (χ2v) is 6.71. The topological polar surface area (TPSA) is 54.4 Å². The number of carbonyl (C=O) groups is 1. The molecule has 0 spiro atoms. The van der Waals surface area contributed by atoms with Gasteiger partial charge in [-0.1, -0.05) is 36.2 Å². The summed E-state index contributed by atoms with van der Waals surface area (Å²) in [6, 6.07) is 2.37. The van der Waals surface area contributed by atoms with Gasteiger partial charge in [0.1, 0.15) is 0 Å². The summed E-state index contributed by atoms with van der Waals surface area (Å²) in [5, 5.41) is 9.04. The molecule has 0 unspecified atom stereocenters. The Morgan fingerprint density at radius 1 is 1.47 bits per heavy atom. The fraction of sp³-hybridized carbons (Fsp3) is 0.417. The van der Waals surface area contributed by atoms with Crippen LogP contribution < -0.4 is 0 Å². The SMILES string of the molecule is CCC[S@@](=O)c1c(C(F)(Cl)Cl)ccc(C(=O)O)c1C. The summed E-state index contributed by atoms with van der Waals surface area (Å²) < 4.78 is 23.2. The number of alkyl halides is 3. The highest BCUT2D eigenvalue weighted by Gasteiger charge is 2.32. The van der Waals surface area contributed by atoms with E-state index in [2.05, 4.69) is 0 Å². The second kappa shape index (κ2) is 6.20. The molecule has 19 heavy (non-hydrogen) atoms. The maximum absolute atomic E-state index is 13.7. The van der Waals surface area contributed by atoms with E-state index in [0.29, 0.717) is 6.42 Å². The molecule has 106 valence electrons. The second-order valence-electron chi connectivity index (χ2n) is 3.97. The quantitative estimate of drug-likeness (QED) is 0.838. The zero-order valence-electron chi connectivity index (χ0n) is 10.4. The maximum atomic E-state index is 13.7. The van der Waals surface area contributed by atoms with Gasteiger partial charge in [0.2, 0.25) is 0 Å². The average Bonchev–Trinajstić information content (AvgIpc) is 2.26. The van der Waals surface area contributed by atoms with Crippen molar-refractivity contribution in [1.29, 1.82) is 0 Å². The molecule has 0 aliphatic carbocycles. The van der Waals surface area contributed by atoms with E-state index in [0.717, 1.165) is 0 Å². The van der Waals surface area contributed by atoms with Crippen LogP contribution in [0.4, 0.5) is 4.39 Å². The van der Waals surface area contributed by atoms with Crippen molar-refractivity contribution >= 4 is 40.0 Å². The lowest BCUT2D eigenvalue weighted by atomic mass is 10.1. The van der Waals surface area contributed by atoms with Crippen molar-refractivity contribution in [2.24, 2.45) is 0 Å². The molecule has 1 N–H and O–H groups in total. The zero-order valence-corrected chi connectivity index (χ0v) is 12.7. The van der Waals surface area contributed by atoms with Gasteiger partial charge in [0.05, 0.1) is 21.3 Å². The Kier molecular flexibility index (Phi) is 5.35. The van der Waals surface area contributed by atoms with Gasteiger partial charge >= 0.3 is 5.97 Å². The third kappa shape index (κ3) is 3.68. The van der Waals surface area contributed by atoms with Crippen molar-refractivity contribution < 1.29 is 18.5 Å². The van der Waals surface area contributed by atoms with Gasteiger partial charge in [-0.3, -0.25) is 4.21 Å². The van der Waals surface area contributed by atoms with Crippen LogP contribution in [-0.4, -0.2) is 21.0 Å². The molecule has 0 amide bonds. The van der Waals surface area contributed by atoms with Gasteiger partial charge in [-0.05, 0) is 25.0 Å². The summed E-state index contributed by atoms with van der Waals surface area (Å²) >= 11 is 10.9. The molecule has 0 aromatic heterocycles. The summed E-state index contributed by atoms with van der Waals surface area (Å²) in [6.07, 6.45) is 0.604. The first kappa shape index (κ1) is 16.4. The first-order valence-corrected chi connectivity index (χ1v) is 7.60. The van der Waals surface area contributed by atoms with Crippen LogP contribution in [0, 0.1) is 6.92 Å². The average molecular weight is 327 g/mol. The van der Waals surface area contributed by atoms with Crippen LogP contribution in [0.15, 0.2) is 17.0 Å². The molecule has 3 nitrogen and oxygen atoms in total. The fourth-order valence-corrected chi connectivity index (χ4v) is 3.63. The molecule has 7 heteroatoms. The van der Waals surface area contributed by atoms with Crippen molar-refractivity contribution in [3.8, 4) is 0 Å². The Balaban J connectivity index is 3.55. The monoisotopic (exact) mass is 326 g/mol. The summed E-state index contributed by atoms with van der Waals surface area (Å²) in [5.41, 5.74) is 0.0195. The molecule has 0 saturated heterocycles. The summed E-state index contributed by atoms with van der Waals surface area (Å²) in [6.45, 7) is 3.29. The fourth-order valence-electron chi connectivity index (χ4n) is 1.73. The van der Waals surface area contributed by atoms with E-state index in [-0.39, 0.29) is 27.3 Å². The largest absolute Gasteiger partial charge is 0.478 e. The number of halogens is 3. The molecule has 1 atom stereocenters. The minimum absolute atomic E-state index is 0.0409. The Bertz CT molecular complexity index is 526. The minimum atomic E-state index is -2.71. The Morgan fingerprint density at radius 2 is 2.05 bits per heavy atom. The van der Waals surface area contributed by atoms with E-state index in [1.54, 1.807) is 0 Å². The van der Waals surface area contributed by atoms with Crippen molar-refractivity contribution in [3.05, 3.63) is 28.8 Å². The molecule has 1 rings (SSSR count). The lowest BCUT2D eigenvalue weighted by Crippen LogP contribution is -2.14. The molecule has 0 fully saturated rings. The van der Waals surface area contributed by atoms with Gasteiger partial charge in [0.25, 0.3) is 4.59 Å². The first-order valence-electron chi connectivity index (χ1n) is 5.52. The zero-order chi connectivity index (χ0) is 14.8. The van der Waals surface area contributed by atoms with E-state index in [4.69, 9.17) is 28.3 Å². The van der Waals surface area contributed by atoms with Gasteiger partial charge < -0.3 is 5.11 Å². The smallest absolute Gasteiger partial charge is 0.335 e. The number of benzene rings is 1. The minimum Gasteiger partial charge on any atom is -0.478 e. The number of hydrogen-bond donors (Lipinski definition) is 1. The summed E-state index contributed by atoms with van der Waals surface area (Å²) in [4.78, 5) is 11.1. The Morgan fingerprint density at radius 3 is 2.47 bits per heavy atom. The van der Waals surface area contributed by atoms with E-state index in [1.807, 2.05) is 6.92 Å². The van der Waals surface area contributed by atoms with E-state index in [1.165, 1.54) is 19.1 Å². The highest BCUT2D eigenvalue weighted by molar-refractivity contribution is 7.85. The highest BCUT2D eigenvalue weighted by Crippen LogP contribution is 2.40. The number of carboxylic acid groups (broad SMARTS) is 1. The molecular weight excluding hydrogens is 314 g/mol. The first-order chi connectivity index (χ1) is 8.70. The van der Waals surface area contributed by atoms with E-state index in [9.17, 15) is 13.4 Å². The Labute approximate surface area is 123 Å². The molecule has 0 bridgehead atoms. The van der Waals surface area contributed by atoms with E-state index >= 15 is 0 Å². The summed E-state index contributed by atoms with van der Waals surface area (Å²) in [5.74, 6) is -0.895. The standard InChI is InChI=1S/C12H13Cl2FO3S/c1-3-6-19(18)10-7(2)8(11(16)17)4-5-9(10)12(13,14)15/h4-5H,3,6H2,1-2H3,(H,16,17)/t19-/m1/s1. The van der Waals surface area contributed by atoms with Gasteiger partial charge in [0, 0.05) is 11.3 Å². The van der Waals surface area contributed by atoms with Gasteiger partial charge in [-0.25, -0.2) is 9.18 Å². The summed E-state index contributed by atoms with van der Waals surface area (Å²) in [7, 11) is -1.55. The molecule has 1 aromatic carbocycles. The van der Waals surface area contributed by atoms with Crippen molar-refractivity contribution in [2.75, 3.05) is 5.75 Å². The maximum Gasteiger partial charge on any atom is 0.335 e. The van der Waals surface area contributed by atoms with Crippen LogP contribution >= 0.6 is 23.2 Å². The molecule has 0 aliphatic heterocycles. The molecule has 0 saturated carbocycles. The van der Waals surface area contributed by atoms with Gasteiger partial charge in [-0.2, -0.15) is 0 Å². The molecule has 0 aliphatic rings. The van der Waals surface area contributed by atoms with Crippen LogP contribution in [0.2, 0.25) is 0 Å². The third-order valence-electron chi connectivity index (χ3n) is 2.56. The molecule has 0 heterocycles. The van der Waals surface area contributed by atoms with Crippen LogP contribution in [-0.2, 0) is 15.4 Å². The van der Waals surface area contributed by atoms with Crippen molar-refractivity contribution in [1.82, 2.24) is 0 Å². The third-order valence-corrected chi connectivity index (χ3v) is 4.73. The van der Waals surface area contributed by atoms with Crippen LogP contribution in [0.25, 0.3) is 0 Å². The predicted molar refractivity (Wildman–Crippen MR) is 74.2 cm³/mol. The van der Waals surface area contributed by atoms with Gasteiger partial charge in [0.15, 0.2) is 0 Å². The number of carboxylic acids is 1. The molecule has 1 aromatic rings. The van der Waals surface area contributed by atoms with Gasteiger partial charge in [-0.15, -0.1) is 0 Å². The lowest BCUT2D eigenvalue weighted by molar-refractivity contribution is 0.0695. The van der Waals surface area contributed by atoms with E-state index < -0.39 is 21.4 Å². The van der Waals surface area contributed by atoms with Crippen molar-refractivity contribution in [2.45, 2.75) is 29.8 Å². The number of hydrogen-bond acceptors (Lipinski definition) is 2. The molecule has 0 radical (unpaired) electrons. The van der Waals surface area contributed by atoms with Crippen LogP contribution in [0.3, 0.4) is 0 Å². The normalized spacial score (nSPS) is 13.3. The number of rotatable bonds is 5. The molecular formula is C12H13Cl2FO3S. The predicted octanol–water partition coefficient (Wildman–Crippen LogP) is 3.77. The van der Waals surface area contributed by atoms with Crippen LogP contribution in [0.1, 0.15) is 34.8 Å².